The molecule has 8 aromatic rings. The Morgan fingerprint density at radius 2 is 1.01 bits per heavy atom. The number of alkyl carbamates (subject to hydrolysis) is 1. The number of aromatic nitrogens is 6. The van der Waals surface area contributed by atoms with E-state index in [9.17, 15) is 62.3 Å². The number of benzene rings is 4. The molecule has 0 radical (unpaired) electrons. The Morgan fingerprint density at radius 1 is 0.529 bits per heavy atom. The fraction of sp³-hybridized carbons (Fsp3) is 0.505. The zero-order valence-corrected chi connectivity index (χ0v) is 79.1. The molecule has 2 unspecified atom stereocenters. The molecule has 12 amide bonds. The Morgan fingerprint density at radius 3 is 1.54 bits per heavy atom. The molecule has 0 spiro atoms. The van der Waals surface area contributed by atoms with E-state index in [0.717, 1.165) is 170 Å². The summed E-state index contributed by atoms with van der Waals surface area (Å²) in [5.41, 5.74) is 10.0. The molecule has 4 atom stereocenters. The Bertz CT molecular complexity index is 5640. The molecule has 16 rings (SSSR count). The standard InChI is InChI=1S/C46H56ClN11O6.C31H42ClN7O3.C22H26N2O6/c47-31-12-10-30(11-13-31)34(53-45(64)46(48)18-23-57(24-19-46)41-33-16-21-50-40(33)51-29-52-41)17-22-55-25-27-56(28-26-55)38(60)9-4-2-1-3-5-20-49-35-8-6-7-32-39(35)44(63)58(43(32)62)36-14-15-37(59)54-42(36)61;1-30(2,3)42-29(41)37-31(13-19-39(20-14-31)27-24-11-15-33-26(24)34-21-35-27)28(40)36-25(22-7-9-23(32)10-8-22)12-18-38-16-5-4-6-17-38;25-17-13-12-16(20(28)23-17)24-21(29)15-10-7-9-14(19(15)22(24)30)8-5-3-1-2-4-6-11-18(26)27/h6-8,10-13,16,21,29,34,36,49H,1-5,9,14-15,17-20,22-28,48H2,(H,53,64)(H,50,51,52)(H,54,59,61);7-11,15,21,25H,4-6,12-14,16-20H2,1-3H3,(H,36,40)(H,37,41)(H,33,34,35);7,9-10,16H,1-6,8,11-13H2,(H,26,27)(H,23,25,28)/t34-,36?;25-;/m00./s1. The number of imide groups is 4. The van der Waals surface area contributed by atoms with Crippen molar-refractivity contribution in [3.05, 3.63) is 171 Å². The molecule has 724 valence electrons. The van der Waals surface area contributed by atoms with E-state index in [1.165, 1.54) is 19.3 Å². The highest BCUT2D eigenvalue weighted by molar-refractivity contribution is 6.31. The first-order valence-electron chi connectivity index (χ1n) is 47.9. The molecule has 6 fully saturated rings. The second kappa shape index (κ2) is 46.0. The highest BCUT2D eigenvalue weighted by atomic mass is 35.5. The van der Waals surface area contributed by atoms with Crippen molar-refractivity contribution in [2.24, 2.45) is 5.73 Å². The lowest BCUT2D eigenvalue weighted by atomic mass is 9.85. The number of halogens is 2. The predicted octanol–water partition coefficient (Wildman–Crippen LogP) is 11.8. The van der Waals surface area contributed by atoms with E-state index in [1.54, 1.807) is 43.0 Å². The monoisotopic (exact) mass is 1900 g/mol. The van der Waals surface area contributed by atoms with Gasteiger partial charge in [-0.3, -0.25) is 82.9 Å². The molecule has 11 N–H and O–H groups in total. The minimum absolute atomic E-state index is 0.0711. The Hall–Kier alpha value is -12.3. The van der Waals surface area contributed by atoms with E-state index in [-0.39, 0.29) is 73.0 Å². The molecular weight excluding hydrogens is 1780 g/mol. The Labute approximate surface area is 800 Å². The number of ether oxygens (including phenoxy) is 1. The number of rotatable bonds is 35. The van der Waals surface area contributed by atoms with Gasteiger partial charge in [0.15, 0.2) is 0 Å². The zero-order chi connectivity index (χ0) is 96.2. The number of amides is 12. The van der Waals surface area contributed by atoms with E-state index in [4.69, 9.17) is 38.8 Å². The van der Waals surface area contributed by atoms with Gasteiger partial charge in [0.2, 0.25) is 41.4 Å². The molecule has 4 aromatic carbocycles. The number of nitrogens with two attached hydrogens (primary N) is 1. The molecule has 37 heteroatoms. The first-order chi connectivity index (χ1) is 65.5. The third-order valence-electron chi connectivity index (χ3n) is 27.0. The predicted molar refractivity (Wildman–Crippen MR) is 513 cm³/mol. The number of carboxylic acids is 1. The normalized spacial score (nSPS) is 18.9. The van der Waals surface area contributed by atoms with Gasteiger partial charge in [-0.1, -0.05) is 117 Å². The van der Waals surface area contributed by atoms with Crippen molar-refractivity contribution in [2.45, 2.75) is 235 Å². The van der Waals surface area contributed by atoms with E-state index >= 15 is 0 Å². The van der Waals surface area contributed by atoms with Crippen LogP contribution in [0.25, 0.3) is 22.1 Å². The fourth-order valence-electron chi connectivity index (χ4n) is 19.3. The van der Waals surface area contributed by atoms with E-state index < -0.39 is 88.1 Å². The lowest BCUT2D eigenvalue weighted by Crippen LogP contribution is -2.64. The van der Waals surface area contributed by atoms with Crippen molar-refractivity contribution >= 4 is 140 Å². The van der Waals surface area contributed by atoms with Gasteiger partial charge < -0.3 is 66.4 Å². The first kappa shape index (κ1) is 99.7. The molecule has 0 aliphatic carbocycles. The van der Waals surface area contributed by atoms with Crippen LogP contribution in [0.2, 0.25) is 10.0 Å². The summed E-state index contributed by atoms with van der Waals surface area (Å²) in [6.07, 6.45) is 24.7. The summed E-state index contributed by atoms with van der Waals surface area (Å²) in [4.78, 5) is 202. The van der Waals surface area contributed by atoms with Crippen LogP contribution in [0.5, 0.6) is 0 Å². The van der Waals surface area contributed by atoms with E-state index in [2.05, 4.69) is 81.4 Å². The summed E-state index contributed by atoms with van der Waals surface area (Å²) in [6.45, 7) is 14.9. The van der Waals surface area contributed by atoms with Crippen LogP contribution in [0.4, 0.5) is 22.1 Å². The van der Waals surface area contributed by atoms with Crippen LogP contribution < -0.4 is 47.4 Å². The highest BCUT2D eigenvalue weighted by Gasteiger charge is 2.50. The number of fused-ring (bicyclic) bond motifs is 4. The van der Waals surface area contributed by atoms with Crippen molar-refractivity contribution in [1.82, 2.24) is 81.0 Å². The molecule has 136 heavy (non-hydrogen) atoms. The van der Waals surface area contributed by atoms with Crippen molar-refractivity contribution in [3.8, 4) is 0 Å². The van der Waals surface area contributed by atoms with Crippen LogP contribution in [0.3, 0.4) is 0 Å². The summed E-state index contributed by atoms with van der Waals surface area (Å²) in [6, 6.07) is 27.0. The van der Waals surface area contributed by atoms with Crippen LogP contribution >= 0.6 is 23.2 Å². The Balaban J connectivity index is 0.000000177. The van der Waals surface area contributed by atoms with Gasteiger partial charge in [-0.05, 0) is 201 Å². The van der Waals surface area contributed by atoms with Crippen molar-refractivity contribution in [1.29, 1.82) is 0 Å². The summed E-state index contributed by atoms with van der Waals surface area (Å²) in [7, 11) is 0. The summed E-state index contributed by atoms with van der Waals surface area (Å²) < 4.78 is 5.61. The van der Waals surface area contributed by atoms with Gasteiger partial charge in [0, 0.05) is 126 Å². The number of aliphatic carboxylic acids is 1. The molecular formula is C99H124Cl2N20O15. The Kier molecular flexibility index (Phi) is 33.7. The highest BCUT2D eigenvalue weighted by Crippen LogP contribution is 2.38. The SMILES string of the molecule is CC(C)(C)OC(=O)NC1(C(=O)N[C@@H](CCN2CCCCC2)c2ccc(Cl)cc2)CCN(c2ncnc3[nH]ccc23)CC1.NC1(C(=O)N[C@@H](CCN2CCN(C(=O)CCCCCCCNc3cccc4c3C(=O)N(C3CCC(=O)NC3=O)C4=O)CC2)c2ccc(Cl)cc2)CCN(c2ncnc3[nH]ccc23)CC1.O=C(O)CCCCCCCCc1cccc2c1C(=O)N(C1CCC(=O)NC1=O)C2=O. The molecule has 6 saturated heterocycles. The lowest BCUT2D eigenvalue weighted by Gasteiger charge is -2.42. The lowest BCUT2D eigenvalue weighted by molar-refractivity contribution is -0.138. The molecule has 4 aromatic heterocycles. The number of unbranched alkanes of at least 4 members (excludes halogenated alkanes) is 9. The number of nitrogens with zero attached hydrogens (tertiary/aromatic N) is 11. The number of anilines is 3. The molecule has 8 aliphatic rings. The molecule has 12 heterocycles. The number of carboxylic acid groups (broad SMARTS) is 1. The van der Waals surface area contributed by atoms with Gasteiger partial charge in [0.1, 0.15) is 58.8 Å². The molecule has 8 aliphatic heterocycles. The average molecular weight is 1910 g/mol. The zero-order valence-electron chi connectivity index (χ0n) is 77.6. The van der Waals surface area contributed by atoms with Gasteiger partial charge in [-0.25, -0.2) is 24.7 Å². The largest absolute Gasteiger partial charge is 0.481 e. The van der Waals surface area contributed by atoms with Gasteiger partial charge in [0.05, 0.1) is 50.6 Å². The number of nitrogens with one attached hydrogen (secondary N) is 8. The third kappa shape index (κ3) is 25.1. The van der Waals surface area contributed by atoms with Crippen LogP contribution in [0.1, 0.15) is 258 Å². The summed E-state index contributed by atoms with van der Waals surface area (Å²) in [5, 5.41) is 29.1. The van der Waals surface area contributed by atoms with Gasteiger partial charge in [-0.2, -0.15) is 0 Å². The van der Waals surface area contributed by atoms with Crippen molar-refractivity contribution in [2.75, 3.05) is 100 Å². The number of hydrogen-bond acceptors (Lipinski definition) is 24. The van der Waals surface area contributed by atoms with Gasteiger partial charge in [-0.15, -0.1) is 0 Å². The minimum Gasteiger partial charge on any atom is -0.481 e. The van der Waals surface area contributed by atoms with Crippen LogP contribution in [0.15, 0.2) is 122 Å². The average Bonchev–Trinajstić information content (AvgIpc) is 1.65. The molecule has 35 nitrogen and oxygen atoms in total. The summed E-state index contributed by atoms with van der Waals surface area (Å²) >= 11 is 12.4. The number of carbonyl (C=O) groups excluding carboxylic acids is 12. The van der Waals surface area contributed by atoms with Crippen molar-refractivity contribution < 1.29 is 72.2 Å². The fourth-order valence-corrected chi connectivity index (χ4v) is 19.6. The number of carbonyl (C=O) groups is 13. The molecule has 0 saturated carbocycles. The topological polar surface area (TPSA) is 455 Å². The van der Waals surface area contributed by atoms with Crippen LogP contribution in [-0.4, -0.2) is 250 Å². The van der Waals surface area contributed by atoms with Crippen LogP contribution in [-0.2, 0) is 49.5 Å². The van der Waals surface area contributed by atoms with Gasteiger partial charge in [0.25, 0.3) is 23.6 Å². The number of aryl methyl sites for hydroxylation is 1. The minimum atomic E-state index is -1.14. The number of likely N-dealkylation sites (tertiary alicyclic amines) is 1. The summed E-state index contributed by atoms with van der Waals surface area (Å²) in [5.74, 6) is -3.35. The number of piperazine rings is 1. The number of aromatic amines is 2. The maximum Gasteiger partial charge on any atom is 0.408 e. The number of hydrogen-bond donors (Lipinski definition) is 10. The third-order valence-corrected chi connectivity index (χ3v) is 27.5. The number of piperidine rings is 5. The quantitative estimate of drug-likeness (QED) is 0.0130. The number of H-pyrrole nitrogens is 2. The second-order valence-corrected chi connectivity index (χ2v) is 38.4. The van der Waals surface area contributed by atoms with Crippen LogP contribution in [0, 0.1) is 0 Å². The van der Waals surface area contributed by atoms with E-state index in [1.807, 2.05) is 105 Å². The molecule has 0 bridgehead atoms. The van der Waals surface area contributed by atoms with Gasteiger partial charge >= 0.3 is 12.1 Å². The van der Waals surface area contributed by atoms with E-state index in [0.29, 0.717) is 124 Å². The van der Waals surface area contributed by atoms with Crippen molar-refractivity contribution in [3.63, 3.8) is 0 Å². The maximum absolute atomic E-state index is 14.3. The first-order valence-corrected chi connectivity index (χ1v) is 48.6. The maximum atomic E-state index is 14.3. The smallest absolute Gasteiger partial charge is 0.408 e. The second-order valence-electron chi connectivity index (χ2n) is 37.5.